The molecule has 0 amide bonds. The summed E-state index contributed by atoms with van der Waals surface area (Å²) in [5.41, 5.74) is 3.44. The van der Waals surface area contributed by atoms with Gasteiger partial charge in [0.2, 0.25) is 5.91 Å². The molecule has 2 aromatic carbocycles. The number of fused-ring (bicyclic) bond motifs is 1. The molecule has 0 bridgehead atoms. The van der Waals surface area contributed by atoms with Crippen molar-refractivity contribution in [3.8, 4) is 0 Å². The Morgan fingerprint density at radius 1 is 1.00 bits per heavy atom. The van der Waals surface area contributed by atoms with Gasteiger partial charge in [-0.1, -0.05) is 48.5 Å². The molecule has 94 valence electrons. The number of nitrogens with zero attached hydrogens (tertiary/aromatic N) is 1. The maximum atomic E-state index is 11.7. The Morgan fingerprint density at radius 3 is 2.42 bits per heavy atom. The first-order valence-corrected chi connectivity index (χ1v) is 6.39. The van der Waals surface area contributed by atoms with E-state index in [1.54, 1.807) is 11.5 Å². The summed E-state index contributed by atoms with van der Waals surface area (Å²) < 4.78 is 1.73. The lowest BCUT2D eigenvalue weighted by molar-refractivity contribution is 0.0941. The lowest BCUT2D eigenvalue weighted by atomic mass is 10.0. The molecule has 2 nitrogen and oxygen atoms in total. The highest BCUT2D eigenvalue weighted by Crippen LogP contribution is 2.23. The number of aromatic nitrogens is 1. The number of benzene rings is 2. The van der Waals surface area contributed by atoms with Gasteiger partial charge in [-0.05, 0) is 23.6 Å². The molecule has 0 fully saturated rings. The normalized spacial score (nSPS) is 10.8. The summed E-state index contributed by atoms with van der Waals surface area (Å²) in [6.07, 6.45) is 2.81. The predicted molar refractivity (Wildman–Crippen MR) is 77.5 cm³/mol. The molecule has 19 heavy (non-hydrogen) atoms. The molecule has 0 saturated carbocycles. The summed E-state index contributed by atoms with van der Waals surface area (Å²) in [4.78, 5) is 11.7. The Balaban J connectivity index is 2.11. The minimum absolute atomic E-state index is 0.0514. The van der Waals surface area contributed by atoms with Crippen LogP contribution in [0, 0.1) is 0 Å². The molecule has 0 aliphatic carbocycles. The lowest BCUT2D eigenvalue weighted by Crippen LogP contribution is -2.02. The molecule has 0 aliphatic rings. The van der Waals surface area contributed by atoms with Gasteiger partial charge in [-0.15, -0.1) is 0 Å². The zero-order valence-electron chi connectivity index (χ0n) is 10.8. The lowest BCUT2D eigenvalue weighted by Gasteiger charge is -1.99. The summed E-state index contributed by atoms with van der Waals surface area (Å²) in [6.45, 7) is 1.60. The van der Waals surface area contributed by atoms with Crippen LogP contribution in [-0.4, -0.2) is 10.5 Å². The first kappa shape index (κ1) is 11.7. The highest BCUT2D eigenvalue weighted by atomic mass is 16.1. The van der Waals surface area contributed by atoms with E-state index in [0.29, 0.717) is 0 Å². The van der Waals surface area contributed by atoms with E-state index in [1.807, 2.05) is 42.6 Å². The Morgan fingerprint density at radius 2 is 1.68 bits per heavy atom. The Bertz CT molecular complexity index is 725. The molecule has 3 aromatic rings. The van der Waals surface area contributed by atoms with Crippen LogP contribution in [0.2, 0.25) is 0 Å². The minimum Gasteiger partial charge on any atom is -0.287 e. The molecule has 0 saturated heterocycles. The van der Waals surface area contributed by atoms with Gasteiger partial charge < -0.3 is 0 Å². The van der Waals surface area contributed by atoms with E-state index >= 15 is 0 Å². The standard InChI is InChI=1S/C17H15NO/c1-13(19)18-12-15(11-14-7-3-2-4-8-14)16-9-5-6-10-17(16)18/h2-10,12H,11H2,1H3. The monoisotopic (exact) mass is 249 g/mol. The topological polar surface area (TPSA) is 22.0 Å². The van der Waals surface area contributed by atoms with E-state index in [2.05, 4.69) is 18.2 Å². The number of hydrogen-bond acceptors (Lipinski definition) is 1. The average Bonchev–Trinajstić information content (AvgIpc) is 2.79. The Kier molecular flexibility index (Phi) is 2.92. The third-order valence-electron chi connectivity index (χ3n) is 3.37. The maximum absolute atomic E-state index is 11.7. The fraction of sp³-hybridized carbons (Fsp3) is 0.118. The van der Waals surface area contributed by atoms with Crippen molar-refractivity contribution in [1.82, 2.24) is 4.57 Å². The fourth-order valence-corrected chi connectivity index (χ4v) is 2.47. The van der Waals surface area contributed by atoms with Crippen molar-refractivity contribution in [2.75, 3.05) is 0 Å². The Labute approximate surface area is 112 Å². The van der Waals surface area contributed by atoms with Gasteiger partial charge in [-0.2, -0.15) is 0 Å². The van der Waals surface area contributed by atoms with Crippen LogP contribution >= 0.6 is 0 Å². The number of para-hydroxylation sites is 1. The van der Waals surface area contributed by atoms with Gasteiger partial charge in [0.05, 0.1) is 5.52 Å². The van der Waals surface area contributed by atoms with Gasteiger partial charge in [0.15, 0.2) is 0 Å². The molecular formula is C17H15NO. The molecular weight excluding hydrogens is 234 g/mol. The van der Waals surface area contributed by atoms with Gasteiger partial charge in [0.1, 0.15) is 0 Å². The van der Waals surface area contributed by atoms with Gasteiger partial charge in [0.25, 0.3) is 0 Å². The van der Waals surface area contributed by atoms with Gasteiger partial charge in [0, 0.05) is 18.5 Å². The molecule has 0 N–H and O–H groups in total. The molecule has 0 unspecified atom stereocenters. The first-order valence-electron chi connectivity index (χ1n) is 6.39. The zero-order valence-corrected chi connectivity index (χ0v) is 10.8. The van der Waals surface area contributed by atoms with E-state index in [4.69, 9.17) is 0 Å². The first-order chi connectivity index (χ1) is 9.25. The second kappa shape index (κ2) is 4.73. The second-order valence-corrected chi connectivity index (χ2v) is 4.72. The summed E-state index contributed by atoms with van der Waals surface area (Å²) in [5.74, 6) is 0.0514. The molecule has 1 heterocycles. The van der Waals surface area contributed by atoms with E-state index in [9.17, 15) is 4.79 Å². The molecule has 0 atom stereocenters. The summed E-state index contributed by atoms with van der Waals surface area (Å²) in [7, 11) is 0. The largest absolute Gasteiger partial charge is 0.287 e. The van der Waals surface area contributed by atoms with Crippen LogP contribution in [0.25, 0.3) is 10.9 Å². The third kappa shape index (κ3) is 2.17. The van der Waals surface area contributed by atoms with Crippen LogP contribution in [0.15, 0.2) is 60.8 Å². The predicted octanol–water partition coefficient (Wildman–Crippen LogP) is 3.89. The van der Waals surface area contributed by atoms with Gasteiger partial charge >= 0.3 is 0 Å². The molecule has 1 aromatic heterocycles. The molecule has 0 aliphatic heterocycles. The average molecular weight is 249 g/mol. The number of carbonyl (C=O) groups is 1. The van der Waals surface area contributed by atoms with Crippen molar-refractivity contribution in [1.29, 1.82) is 0 Å². The molecule has 3 rings (SSSR count). The van der Waals surface area contributed by atoms with Crippen molar-refractivity contribution < 1.29 is 4.79 Å². The van der Waals surface area contributed by atoms with Gasteiger partial charge in [-0.3, -0.25) is 9.36 Å². The van der Waals surface area contributed by atoms with Crippen molar-refractivity contribution in [2.24, 2.45) is 0 Å². The van der Waals surface area contributed by atoms with Crippen molar-refractivity contribution in [3.63, 3.8) is 0 Å². The summed E-state index contributed by atoms with van der Waals surface area (Å²) in [6, 6.07) is 18.4. The number of rotatable bonds is 2. The SMILES string of the molecule is CC(=O)n1cc(Cc2ccccc2)c2ccccc21. The van der Waals surface area contributed by atoms with Gasteiger partial charge in [-0.25, -0.2) is 0 Å². The minimum atomic E-state index is 0.0514. The van der Waals surface area contributed by atoms with E-state index < -0.39 is 0 Å². The molecule has 0 radical (unpaired) electrons. The molecule has 2 heteroatoms. The van der Waals surface area contributed by atoms with Crippen LogP contribution in [0.3, 0.4) is 0 Å². The summed E-state index contributed by atoms with van der Waals surface area (Å²) in [5, 5.41) is 1.15. The molecule has 0 spiro atoms. The highest BCUT2D eigenvalue weighted by Gasteiger charge is 2.10. The van der Waals surface area contributed by atoms with Crippen molar-refractivity contribution >= 4 is 16.8 Å². The summed E-state index contributed by atoms with van der Waals surface area (Å²) >= 11 is 0. The Hall–Kier alpha value is -2.35. The number of carbonyl (C=O) groups excluding carboxylic acids is 1. The second-order valence-electron chi connectivity index (χ2n) is 4.72. The quantitative estimate of drug-likeness (QED) is 0.675. The van der Waals surface area contributed by atoms with Crippen LogP contribution < -0.4 is 0 Å². The van der Waals surface area contributed by atoms with Crippen LogP contribution in [-0.2, 0) is 6.42 Å². The van der Waals surface area contributed by atoms with Crippen LogP contribution in [0.4, 0.5) is 0 Å². The van der Waals surface area contributed by atoms with E-state index in [1.165, 1.54) is 11.1 Å². The number of hydrogen-bond donors (Lipinski definition) is 0. The van der Waals surface area contributed by atoms with Crippen LogP contribution in [0.1, 0.15) is 22.8 Å². The van der Waals surface area contributed by atoms with Crippen molar-refractivity contribution in [2.45, 2.75) is 13.3 Å². The van der Waals surface area contributed by atoms with E-state index in [0.717, 1.165) is 17.3 Å². The fourth-order valence-electron chi connectivity index (χ4n) is 2.47. The third-order valence-corrected chi connectivity index (χ3v) is 3.37. The van der Waals surface area contributed by atoms with E-state index in [-0.39, 0.29) is 5.91 Å². The van der Waals surface area contributed by atoms with Crippen molar-refractivity contribution in [3.05, 3.63) is 71.9 Å². The highest BCUT2D eigenvalue weighted by molar-refractivity contribution is 5.93. The maximum Gasteiger partial charge on any atom is 0.227 e. The zero-order chi connectivity index (χ0) is 13.2. The van der Waals surface area contributed by atoms with Crippen LogP contribution in [0.5, 0.6) is 0 Å². The smallest absolute Gasteiger partial charge is 0.227 e.